The lowest BCUT2D eigenvalue weighted by atomic mass is 9.72. The molecule has 0 saturated heterocycles. The molecular formula is C136H160S14. The third kappa shape index (κ3) is 27.2. The summed E-state index contributed by atoms with van der Waals surface area (Å²) in [4.78, 5) is 19.7. The summed E-state index contributed by atoms with van der Waals surface area (Å²) < 4.78 is 19.9. The summed E-state index contributed by atoms with van der Waals surface area (Å²) in [5.74, 6) is 3.37. The molecule has 0 spiro atoms. The van der Waals surface area contributed by atoms with Gasteiger partial charge < -0.3 is 0 Å². The molecular weight excluding hydrogens is 2080 g/mol. The molecule has 21 aromatic rings. The Bertz CT molecular complexity index is 8000. The van der Waals surface area contributed by atoms with Crippen LogP contribution in [0, 0.1) is 69.2 Å². The summed E-state index contributed by atoms with van der Waals surface area (Å²) in [5.41, 5.74) is 32.5. The second kappa shape index (κ2) is 46.5. The lowest BCUT2D eigenvalue weighted by Crippen LogP contribution is -2.22. The molecule has 0 radical (unpaired) electrons. The highest BCUT2D eigenvalue weighted by molar-refractivity contribution is 7.33. The van der Waals surface area contributed by atoms with Crippen LogP contribution in [0.15, 0.2) is 206 Å². The van der Waals surface area contributed by atoms with E-state index in [1.54, 1.807) is 0 Å². The van der Waals surface area contributed by atoms with Gasteiger partial charge in [0.05, 0.1) is 0 Å². The first-order chi connectivity index (χ1) is 70.1. The van der Waals surface area contributed by atoms with Crippen molar-refractivity contribution in [1.82, 2.24) is 0 Å². The average molecular weight is 2240 g/mol. The Labute approximate surface area is 956 Å². The van der Waals surface area contributed by atoms with Crippen LogP contribution in [0.3, 0.4) is 0 Å². The Balaban J connectivity index is 0.000000131. The Kier molecular flexibility index (Phi) is 36.0. The lowest BCUT2D eigenvalue weighted by molar-refractivity contribution is 0.551. The highest BCUT2D eigenvalue weighted by Gasteiger charge is 2.33. The maximum Gasteiger partial charge on any atom is 0.0459 e. The minimum Gasteiger partial charge on any atom is -0.140 e. The normalized spacial score (nSPS) is 12.4. The summed E-state index contributed by atoms with van der Waals surface area (Å²) >= 11 is 26.8. The van der Waals surface area contributed by atoms with E-state index in [0.29, 0.717) is 35.5 Å². The van der Waals surface area contributed by atoms with Gasteiger partial charge in [-0.05, 0) is 339 Å². The highest BCUT2D eigenvalue weighted by atomic mass is 32.2. The molecule has 0 fully saturated rings. The zero-order chi connectivity index (χ0) is 109. The maximum absolute atomic E-state index is 2.48. The first kappa shape index (κ1) is 116. The third-order valence-corrected chi connectivity index (χ3v) is 43.6. The molecule has 0 bridgehead atoms. The molecule has 0 nitrogen and oxygen atoms in total. The Morgan fingerprint density at radius 2 is 0.433 bits per heavy atom. The van der Waals surface area contributed by atoms with E-state index in [1.165, 1.54) is 256 Å². The molecule has 0 unspecified atom stereocenters. The predicted octanol–water partition coefficient (Wildman–Crippen LogP) is 50.0. The van der Waals surface area contributed by atoms with Gasteiger partial charge in [-0.1, -0.05) is 335 Å². The molecule has 14 heterocycles. The van der Waals surface area contributed by atoms with Gasteiger partial charge in [0, 0.05) is 134 Å². The van der Waals surface area contributed by atoms with Crippen molar-refractivity contribution in [2.75, 3.05) is 0 Å². The first-order valence-corrected chi connectivity index (χ1v) is 65.0. The lowest BCUT2D eigenvalue weighted by Gasteiger charge is -2.33. The van der Waals surface area contributed by atoms with Crippen molar-refractivity contribution in [3.8, 4) is 73.1 Å². The summed E-state index contributed by atoms with van der Waals surface area (Å²) in [7, 11) is 0. The largest absolute Gasteiger partial charge is 0.140 e. The fourth-order valence-corrected chi connectivity index (χ4v) is 36.7. The van der Waals surface area contributed by atoms with Gasteiger partial charge in [0.2, 0.25) is 0 Å². The molecule has 0 aliphatic heterocycles. The van der Waals surface area contributed by atoms with Crippen molar-refractivity contribution in [1.29, 1.82) is 0 Å². The van der Waals surface area contributed by atoms with Crippen LogP contribution in [0.1, 0.15) is 361 Å². The summed E-state index contributed by atoms with van der Waals surface area (Å²) in [6.07, 6.45) is 0. The fourth-order valence-electron chi connectivity index (χ4n) is 20.0. The summed E-state index contributed by atoms with van der Waals surface area (Å²) in [5, 5.41) is 0. The standard InChI is InChI=1S/C25H34S2.C22H28S2.C21H26S2.C19H22S2.C17H18S2.2C16H16S2/c1-15-11-19-20(26-15)14-21(27-19)22-17(24(5,6)7)12-16(23(2,3)4)13-18(22)25(8,9)10;1-12(2)16-9-17(13(3)4)22(18(10-16)14(5)6)21-11-20-19(24-21)8-15(7)23-20;1-13-10-18-19(22-13)12-17(23-18)15-9-8-14(20(2,3)4)11-16(15)21(5,6)7;1-11(2)14-6-7-15(16(9-14)12(3)4)17-10-19-18(21-17)8-13(5)20-19;1-11-9-15-16(18-11)10-14(19-15)12-7-5-6-8-13(12)17(2,3)4;1-9-5-10(2)16(11(3)6-9)15-8-14-13(18-15)7-12(4)17-14;1-10(2)12-6-4-5-7-13(12)14-9-16-15(18-14)8-11(3)17-16/h11-14H,1-10H3;8-14H,1-7H3;8-12H,1-7H3;6-12H,1-5H3;5-10H,1-4H3;5-8H,1-4H3;4-10H,1-3H3. The summed E-state index contributed by atoms with van der Waals surface area (Å²) in [6.45, 7) is 91.2. The SMILES string of the molecule is Cc1cc(C)c(-c2cc3sc(C)cc3s2)c(C)c1.Cc1cc2sc(-c3c(C(C)(C)C)cc(C(C)(C)C)cc3C(C)(C)C)cc2s1.Cc1cc2sc(-c3c(C(C)C)cc(C(C)C)cc3C(C)C)cc2s1.Cc1cc2sc(-c3ccc(C(C)(C)C)cc3C(C)(C)C)cc2s1.Cc1cc2sc(-c3ccc(C(C)C)cc3C(C)C)cc2s1.Cc1cc2sc(-c3ccccc3C(C)(C)C)cc2s1.Cc1cc2sc(-c3ccccc3C(C)C)cc2s1. The van der Waals surface area contributed by atoms with E-state index in [2.05, 4.69) is 483 Å². The zero-order valence-electron chi connectivity index (χ0n) is 96.8. The Morgan fingerprint density at radius 1 is 0.173 bits per heavy atom. The van der Waals surface area contributed by atoms with Crippen molar-refractivity contribution in [2.45, 2.75) is 345 Å². The van der Waals surface area contributed by atoms with Gasteiger partial charge in [-0.25, -0.2) is 0 Å². The number of thiophene rings is 14. The second-order valence-corrected chi connectivity index (χ2v) is 65.9. The molecule has 7 aromatic carbocycles. The van der Waals surface area contributed by atoms with Crippen molar-refractivity contribution in [3.63, 3.8) is 0 Å². The van der Waals surface area contributed by atoms with Crippen LogP contribution in [0.2, 0.25) is 0 Å². The molecule has 0 aliphatic carbocycles. The predicted molar refractivity (Wildman–Crippen MR) is 700 cm³/mol. The van der Waals surface area contributed by atoms with Crippen molar-refractivity contribution < 1.29 is 0 Å². The minimum absolute atomic E-state index is 0.101. The van der Waals surface area contributed by atoms with Gasteiger partial charge in [0.25, 0.3) is 0 Å². The molecule has 0 saturated carbocycles. The van der Waals surface area contributed by atoms with Gasteiger partial charge >= 0.3 is 0 Å². The van der Waals surface area contributed by atoms with Crippen molar-refractivity contribution >= 4 is 225 Å². The number of fused-ring (bicyclic) bond motifs is 7. The minimum atomic E-state index is 0.101. The fraction of sp³-hybridized carbons (Fsp3) is 0.382. The third-order valence-electron chi connectivity index (χ3n) is 27.9. The molecule has 0 atom stereocenters. The van der Waals surface area contributed by atoms with Crippen LogP contribution in [0.4, 0.5) is 0 Å². The van der Waals surface area contributed by atoms with Crippen LogP contribution in [-0.4, -0.2) is 0 Å². The van der Waals surface area contributed by atoms with E-state index in [1.807, 2.05) is 159 Å². The smallest absolute Gasteiger partial charge is 0.0459 e. The maximum atomic E-state index is 2.48. The van der Waals surface area contributed by atoms with Crippen LogP contribution in [0.25, 0.3) is 139 Å². The Morgan fingerprint density at radius 3 is 0.753 bits per heavy atom. The van der Waals surface area contributed by atoms with Crippen molar-refractivity contribution in [2.24, 2.45) is 0 Å². The Hall–Kier alpha value is -7.84. The zero-order valence-corrected chi connectivity index (χ0v) is 108. The number of benzene rings is 7. The van der Waals surface area contributed by atoms with E-state index in [0.717, 1.165) is 0 Å². The number of hydrogen-bond acceptors (Lipinski definition) is 14. The second-order valence-electron chi connectivity index (χ2n) is 49.3. The quantitative estimate of drug-likeness (QED) is 0.108. The molecule has 21 rings (SSSR count). The van der Waals surface area contributed by atoms with E-state index in [-0.39, 0.29) is 32.5 Å². The summed E-state index contributed by atoms with van der Waals surface area (Å²) in [6, 6.07) is 78.9. The number of rotatable bonds is 13. The van der Waals surface area contributed by atoms with E-state index < -0.39 is 0 Å². The van der Waals surface area contributed by atoms with Gasteiger partial charge in [0.15, 0.2) is 0 Å². The average Bonchev–Trinajstić information content (AvgIpc) is 1.40. The van der Waals surface area contributed by atoms with E-state index in [4.69, 9.17) is 0 Å². The van der Waals surface area contributed by atoms with Crippen LogP contribution in [0.5, 0.6) is 0 Å². The van der Waals surface area contributed by atoms with Gasteiger partial charge in [-0.3, -0.25) is 0 Å². The molecule has 14 heteroatoms. The molecule has 0 aliphatic rings. The van der Waals surface area contributed by atoms with Crippen LogP contribution >= 0.6 is 159 Å². The van der Waals surface area contributed by atoms with E-state index in [9.17, 15) is 0 Å². The van der Waals surface area contributed by atoms with Gasteiger partial charge in [0.1, 0.15) is 0 Å². The van der Waals surface area contributed by atoms with Crippen molar-refractivity contribution in [3.05, 3.63) is 324 Å². The van der Waals surface area contributed by atoms with Crippen LogP contribution < -0.4 is 0 Å². The van der Waals surface area contributed by atoms with Gasteiger partial charge in [-0.2, -0.15) is 0 Å². The topological polar surface area (TPSA) is 0 Å². The van der Waals surface area contributed by atoms with E-state index >= 15 is 0 Å². The molecule has 150 heavy (non-hydrogen) atoms. The monoisotopic (exact) mass is 2240 g/mol. The van der Waals surface area contributed by atoms with Gasteiger partial charge in [-0.15, -0.1) is 159 Å². The van der Waals surface area contributed by atoms with Crippen LogP contribution in [-0.2, 0) is 32.5 Å². The number of aryl methyl sites for hydroxylation is 10. The highest BCUT2D eigenvalue weighted by Crippen LogP contribution is 2.54. The molecule has 0 N–H and O–H groups in total. The molecule has 14 aromatic heterocycles. The molecule has 788 valence electrons. The number of hydrogen-bond donors (Lipinski definition) is 0. The molecule has 0 amide bonds. The first-order valence-electron chi connectivity index (χ1n) is 53.6.